The lowest BCUT2D eigenvalue weighted by atomic mass is 10.1. The van der Waals surface area contributed by atoms with E-state index in [4.69, 9.17) is 9.26 Å². The number of aryl methyl sites for hydroxylation is 1. The summed E-state index contributed by atoms with van der Waals surface area (Å²) in [6.07, 6.45) is 6.98. The molecule has 1 aliphatic heterocycles. The second-order valence-electron chi connectivity index (χ2n) is 8.88. The van der Waals surface area contributed by atoms with E-state index in [9.17, 15) is 4.79 Å². The molecule has 0 unspecified atom stereocenters. The van der Waals surface area contributed by atoms with Gasteiger partial charge in [0.25, 0.3) is 0 Å². The van der Waals surface area contributed by atoms with Gasteiger partial charge in [-0.25, -0.2) is 0 Å². The highest BCUT2D eigenvalue weighted by Gasteiger charge is 2.11. The fraction of sp³-hybridized carbons (Fsp3) is 0.444. The molecule has 1 aliphatic rings. The Morgan fingerprint density at radius 3 is 2.41 bits per heavy atom. The van der Waals surface area contributed by atoms with E-state index in [0.717, 1.165) is 23.4 Å². The summed E-state index contributed by atoms with van der Waals surface area (Å²) in [6, 6.07) is 16.1. The van der Waals surface area contributed by atoms with Crippen molar-refractivity contribution in [3.63, 3.8) is 0 Å². The number of ether oxygens (including phenoxy) is 1. The van der Waals surface area contributed by atoms with Crippen molar-refractivity contribution >= 4 is 5.91 Å². The highest BCUT2D eigenvalue weighted by atomic mass is 16.5. The van der Waals surface area contributed by atoms with Crippen molar-refractivity contribution in [1.82, 2.24) is 20.4 Å². The Morgan fingerprint density at radius 1 is 1.00 bits per heavy atom. The number of methoxy groups -OCH3 is 1. The van der Waals surface area contributed by atoms with Gasteiger partial charge in [0.1, 0.15) is 5.75 Å². The average molecular weight is 463 g/mol. The maximum atomic E-state index is 12.3. The number of carbonyl (C=O) groups excluding carboxylic acids is 1. The first kappa shape index (κ1) is 24.0. The first-order chi connectivity index (χ1) is 16.7. The Labute approximate surface area is 201 Å². The highest BCUT2D eigenvalue weighted by Crippen LogP contribution is 2.20. The number of amides is 1. The molecule has 1 N–H and O–H groups in total. The Hall–Kier alpha value is -3.19. The second kappa shape index (κ2) is 12.3. The minimum atomic E-state index is 0.0311. The minimum absolute atomic E-state index is 0.0311. The number of likely N-dealkylation sites (tertiary alicyclic amines) is 1. The smallest absolute Gasteiger partial charge is 0.226 e. The van der Waals surface area contributed by atoms with E-state index in [1.54, 1.807) is 7.11 Å². The van der Waals surface area contributed by atoms with Crippen LogP contribution in [0.1, 0.15) is 55.5 Å². The quantitative estimate of drug-likeness (QED) is 0.468. The van der Waals surface area contributed by atoms with Gasteiger partial charge in [0.15, 0.2) is 0 Å². The molecule has 3 aromatic rings. The van der Waals surface area contributed by atoms with Gasteiger partial charge >= 0.3 is 0 Å². The number of aromatic nitrogens is 2. The molecule has 2 aromatic carbocycles. The topological polar surface area (TPSA) is 80.5 Å². The predicted octanol–water partition coefficient (Wildman–Crippen LogP) is 4.76. The molecule has 0 saturated carbocycles. The van der Waals surface area contributed by atoms with Crippen LogP contribution in [0.25, 0.3) is 11.4 Å². The Bertz CT molecular complexity index is 1020. The van der Waals surface area contributed by atoms with Crippen molar-refractivity contribution < 1.29 is 14.1 Å². The summed E-state index contributed by atoms with van der Waals surface area (Å²) in [4.78, 5) is 19.2. The number of nitrogens with one attached hydrogen (secondary N) is 1. The molecule has 0 spiro atoms. The van der Waals surface area contributed by atoms with Gasteiger partial charge in [0, 0.05) is 31.5 Å². The van der Waals surface area contributed by atoms with Crippen molar-refractivity contribution in [1.29, 1.82) is 0 Å². The molecule has 2 heterocycles. The lowest BCUT2D eigenvalue weighted by Gasteiger charge is -2.19. The van der Waals surface area contributed by atoms with Crippen LogP contribution in [0.4, 0.5) is 0 Å². The molecule has 7 heteroatoms. The summed E-state index contributed by atoms with van der Waals surface area (Å²) in [5, 5.41) is 7.04. The fourth-order valence-electron chi connectivity index (χ4n) is 4.22. The van der Waals surface area contributed by atoms with Crippen molar-refractivity contribution in [2.24, 2.45) is 0 Å². The Balaban J connectivity index is 1.16. The molecule has 1 aromatic heterocycles. The standard InChI is InChI=1S/C27H34N4O3/c1-33-24-15-13-23(14-16-24)27-29-26(34-30-27)8-6-7-25(32)28-19-21-9-11-22(12-10-21)20-31-17-4-2-3-5-18-31/h9-16H,2-8,17-20H2,1H3,(H,28,32). The van der Waals surface area contributed by atoms with E-state index in [0.29, 0.717) is 37.5 Å². The van der Waals surface area contributed by atoms with Crippen LogP contribution in [0, 0.1) is 0 Å². The van der Waals surface area contributed by atoms with Gasteiger partial charge in [-0.05, 0) is 67.7 Å². The van der Waals surface area contributed by atoms with Crippen molar-refractivity contribution in [3.8, 4) is 17.1 Å². The van der Waals surface area contributed by atoms with Gasteiger partial charge in [-0.15, -0.1) is 0 Å². The van der Waals surface area contributed by atoms with Gasteiger partial charge in [0.2, 0.25) is 17.6 Å². The SMILES string of the molecule is COc1ccc(-c2noc(CCCC(=O)NCc3ccc(CN4CCCCCC4)cc3)n2)cc1. The van der Waals surface area contributed by atoms with E-state index >= 15 is 0 Å². The van der Waals surface area contributed by atoms with Crippen LogP contribution in [0.2, 0.25) is 0 Å². The summed E-state index contributed by atoms with van der Waals surface area (Å²) in [5.74, 6) is 1.89. The van der Waals surface area contributed by atoms with Crippen molar-refractivity contribution in [3.05, 3.63) is 65.5 Å². The zero-order chi connectivity index (χ0) is 23.6. The third-order valence-corrected chi connectivity index (χ3v) is 6.23. The molecule has 1 fully saturated rings. The summed E-state index contributed by atoms with van der Waals surface area (Å²) in [7, 11) is 1.63. The van der Waals surface area contributed by atoms with Crippen LogP contribution in [0.15, 0.2) is 53.1 Å². The van der Waals surface area contributed by atoms with Crippen LogP contribution >= 0.6 is 0 Å². The maximum Gasteiger partial charge on any atom is 0.226 e. The van der Waals surface area contributed by atoms with Gasteiger partial charge in [-0.1, -0.05) is 42.3 Å². The average Bonchev–Trinajstić information content (AvgIpc) is 3.19. The third-order valence-electron chi connectivity index (χ3n) is 6.23. The Kier molecular flexibility index (Phi) is 8.68. The lowest BCUT2D eigenvalue weighted by Crippen LogP contribution is -2.24. The van der Waals surface area contributed by atoms with Crippen LogP contribution in [0.5, 0.6) is 5.75 Å². The largest absolute Gasteiger partial charge is 0.497 e. The molecule has 0 aliphatic carbocycles. The molecule has 7 nitrogen and oxygen atoms in total. The molecule has 34 heavy (non-hydrogen) atoms. The zero-order valence-electron chi connectivity index (χ0n) is 20.0. The molecule has 4 rings (SSSR count). The number of nitrogens with zero attached hydrogens (tertiary/aromatic N) is 3. The molecule has 180 valence electrons. The highest BCUT2D eigenvalue weighted by molar-refractivity contribution is 5.75. The van der Waals surface area contributed by atoms with Gasteiger partial charge in [-0.3, -0.25) is 9.69 Å². The van der Waals surface area contributed by atoms with Crippen LogP contribution in [-0.4, -0.2) is 41.1 Å². The third kappa shape index (κ3) is 7.15. The van der Waals surface area contributed by atoms with Gasteiger partial charge < -0.3 is 14.6 Å². The van der Waals surface area contributed by atoms with Gasteiger partial charge in [0.05, 0.1) is 7.11 Å². The predicted molar refractivity (Wildman–Crippen MR) is 131 cm³/mol. The minimum Gasteiger partial charge on any atom is -0.497 e. The monoisotopic (exact) mass is 462 g/mol. The molecular formula is C27H34N4O3. The van der Waals surface area contributed by atoms with E-state index in [1.165, 1.54) is 44.3 Å². The molecule has 1 amide bonds. The van der Waals surface area contributed by atoms with Crippen LogP contribution in [0.3, 0.4) is 0 Å². The van der Waals surface area contributed by atoms with Crippen LogP contribution < -0.4 is 10.1 Å². The van der Waals surface area contributed by atoms with Crippen LogP contribution in [-0.2, 0) is 24.3 Å². The number of rotatable bonds is 10. The molecule has 0 radical (unpaired) electrons. The number of carbonyl (C=O) groups is 1. The summed E-state index contributed by atoms with van der Waals surface area (Å²) in [5.41, 5.74) is 3.32. The lowest BCUT2D eigenvalue weighted by molar-refractivity contribution is -0.121. The van der Waals surface area contributed by atoms with E-state index in [1.807, 2.05) is 24.3 Å². The van der Waals surface area contributed by atoms with Crippen molar-refractivity contribution in [2.45, 2.75) is 58.0 Å². The molecule has 1 saturated heterocycles. The molecule has 0 atom stereocenters. The second-order valence-corrected chi connectivity index (χ2v) is 8.88. The van der Waals surface area contributed by atoms with E-state index in [-0.39, 0.29) is 5.91 Å². The fourth-order valence-corrected chi connectivity index (χ4v) is 4.22. The maximum absolute atomic E-state index is 12.3. The Morgan fingerprint density at radius 2 is 1.71 bits per heavy atom. The molecule has 0 bridgehead atoms. The summed E-state index contributed by atoms with van der Waals surface area (Å²) >= 11 is 0. The first-order valence-corrected chi connectivity index (χ1v) is 12.2. The normalized spacial score (nSPS) is 14.5. The summed E-state index contributed by atoms with van der Waals surface area (Å²) in [6.45, 7) is 3.96. The van der Waals surface area contributed by atoms with Gasteiger partial charge in [-0.2, -0.15) is 4.98 Å². The zero-order valence-corrected chi connectivity index (χ0v) is 20.0. The number of hydrogen-bond acceptors (Lipinski definition) is 6. The van der Waals surface area contributed by atoms with Crippen molar-refractivity contribution in [2.75, 3.05) is 20.2 Å². The first-order valence-electron chi connectivity index (χ1n) is 12.2. The summed E-state index contributed by atoms with van der Waals surface area (Å²) < 4.78 is 10.5. The number of hydrogen-bond donors (Lipinski definition) is 1. The number of benzene rings is 2. The van der Waals surface area contributed by atoms with E-state index in [2.05, 4.69) is 44.6 Å². The van der Waals surface area contributed by atoms with E-state index < -0.39 is 0 Å². The molecular weight excluding hydrogens is 428 g/mol.